The van der Waals surface area contributed by atoms with Gasteiger partial charge in [-0.2, -0.15) is 0 Å². The van der Waals surface area contributed by atoms with E-state index in [0.29, 0.717) is 29.3 Å². The van der Waals surface area contributed by atoms with E-state index in [0.717, 1.165) is 16.9 Å². The maximum absolute atomic E-state index is 12.8. The quantitative estimate of drug-likeness (QED) is 0.393. The van der Waals surface area contributed by atoms with E-state index < -0.39 is 0 Å². The van der Waals surface area contributed by atoms with E-state index in [4.69, 9.17) is 4.42 Å². The number of pyridine rings is 1. The number of aromatic amines is 1. The molecule has 1 amide bonds. The number of carbonyl (C=O) groups excluding carboxylic acids is 1. The highest BCUT2D eigenvalue weighted by Crippen LogP contribution is 2.24. The first kappa shape index (κ1) is 20.2. The van der Waals surface area contributed by atoms with E-state index >= 15 is 0 Å². The van der Waals surface area contributed by atoms with Gasteiger partial charge in [-0.05, 0) is 30.0 Å². The standard InChI is InChI=1S/C19H19N7O2S2/c1-2-9-26(11-15-22-24-18(28-15)14-4-3-10-29-14)16(27)12-30-19-21-17(23-25-19)13-5-7-20-8-6-13/h3-8,10H,2,9,11-12H2,1H3,(H,21,23,25). The van der Waals surface area contributed by atoms with Crippen LogP contribution < -0.4 is 0 Å². The van der Waals surface area contributed by atoms with E-state index in [2.05, 4.69) is 30.4 Å². The van der Waals surface area contributed by atoms with E-state index in [1.165, 1.54) is 23.1 Å². The Hall–Kier alpha value is -3.05. The predicted octanol–water partition coefficient (Wildman–Crippen LogP) is 3.51. The molecule has 0 aliphatic rings. The summed E-state index contributed by atoms with van der Waals surface area (Å²) in [6.45, 7) is 2.91. The minimum absolute atomic E-state index is 0.0343. The summed E-state index contributed by atoms with van der Waals surface area (Å²) in [5.74, 6) is 1.72. The van der Waals surface area contributed by atoms with Crippen LogP contribution in [0.1, 0.15) is 19.2 Å². The average Bonchev–Trinajstić information content (AvgIpc) is 3.54. The Balaban J connectivity index is 1.36. The van der Waals surface area contributed by atoms with E-state index in [1.807, 2.05) is 36.6 Å². The first-order chi connectivity index (χ1) is 14.7. The molecule has 0 aliphatic carbocycles. The number of rotatable bonds is 9. The van der Waals surface area contributed by atoms with Gasteiger partial charge in [-0.15, -0.1) is 26.6 Å². The van der Waals surface area contributed by atoms with Crippen molar-refractivity contribution >= 4 is 29.0 Å². The molecule has 0 spiro atoms. The minimum Gasteiger partial charge on any atom is -0.418 e. The molecule has 0 saturated carbocycles. The first-order valence-corrected chi connectivity index (χ1v) is 11.2. The van der Waals surface area contributed by atoms with Gasteiger partial charge in [0, 0.05) is 24.5 Å². The SMILES string of the molecule is CCCN(Cc1nnc(-c2cccs2)o1)C(=O)CSc1n[nH]c(-c2ccncc2)n1. The van der Waals surface area contributed by atoms with Crippen molar-refractivity contribution in [3.8, 4) is 22.2 Å². The molecule has 11 heteroatoms. The van der Waals surface area contributed by atoms with Crippen molar-refractivity contribution in [2.24, 2.45) is 0 Å². The smallest absolute Gasteiger partial charge is 0.257 e. The van der Waals surface area contributed by atoms with E-state index in [1.54, 1.807) is 17.3 Å². The maximum Gasteiger partial charge on any atom is 0.257 e. The van der Waals surface area contributed by atoms with Crippen molar-refractivity contribution in [1.82, 2.24) is 35.3 Å². The van der Waals surface area contributed by atoms with Gasteiger partial charge in [-0.1, -0.05) is 24.8 Å². The third-order valence-corrected chi connectivity index (χ3v) is 5.80. The molecule has 1 N–H and O–H groups in total. The lowest BCUT2D eigenvalue weighted by Gasteiger charge is -2.19. The molecule has 0 fully saturated rings. The van der Waals surface area contributed by atoms with Gasteiger partial charge in [0.1, 0.15) is 0 Å². The highest BCUT2D eigenvalue weighted by molar-refractivity contribution is 7.99. The molecule has 0 atom stereocenters. The van der Waals surface area contributed by atoms with Gasteiger partial charge < -0.3 is 9.32 Å². The lowest BCUT2D eigenvalue weighted by Crippen LogP contribution is -2.32. The van der Waals surface area contributed by atoms with Gasteiger partial charge in [-0.3, -0.25) is 14.9 Å². The number of thioether (sulfide) groups is 1. The fourth-order valence-corrected chi connectivity index (χ4v) is 4.06. The van der Waals surface area contributed by atoms with Crippen molar-refractivity contribution in [2.75, 3.05) is 12.3 Å². The van der Waals surface area contributed by atoms with Crippen LogP contribution in [0.15, 0.2) is 51.6 Å². The molecule has 4 aromatic rings. The molecule has 0 radical (unpaired) electrons. The summed E-state index contributed by atoms with van der Waals surface area (Å²) in [5.41, 5.74) is 0.890. The molecular formula is C19H19N7O2S2. The first-order valence-electron chi connectivity index (χ1n) is 9.32. The number of H-pyrrole nitrogens is 1. The number of aromatic nitrogens is 6. The molecule has 4 rings (SSSR count). The van der Waals surface area contributed by atoms with Crippen LogP contribution in [0.3, 0.4) is 0 Å². The lowest BCUT2D eigenvalue weighted by molar-refractivity contribution is -0.129. The third-order valence-electron chi connectivity index (χ3n) is 4.11. The van der Waals surface area contributed by atoms with Crippen molar-refractivity contribution in [1.29, 1.82) is 0 Å². The van der Waals surface area contributed by atoms with E-state index in [9.17, 15) is 4.79 Å². The number of nitrogens with zero attached hydrogens (tertiary/aromatic N) is 6. The number of nitrogens with one attached hydrogen (secondary N) is 1. The summed E-state index contributed by atoms with van der Waals surface area (Å²) in [6, 6.07) is 7.54. The average molecular weight is 442 g/mol. The van der Waals surface area contributed by atoms with Crippen LogP contribution in [-0.4, -0.2) is 53.5 Å². The molecule has 0 saturated heterocycles. The number of thiophene rings is 1. The van der Waals surface area contributed by atoms with Gasteiger partial charge in [0.25, 0.3) is 5.89 Å². The van der Waals surface area contributed by atoms with Gasteiger partial charge in [-0.25, -0.2) is 4.98 Å². The van der Waals surface area contributed by atoms with Crippen molar-refractivity contribution < 1.29 is 9.21 Å². The van der Waals surface area contributed by atoms with E-state index in [-0.39, 0.29) is 18.2 Å². The van der Waals surface area contributed by atoms with Crippen LogP contribution in [-0.2, 0) is 11.3 Å². The van der Waals surface area contributed by atoms with Crippen LogP contribution in [0.5, 0.6) is 0 Å². The number of hydrogen-bond acceptors (Lipinski definition) is 9. The summed E-state index contributed by atoms with van der Waals surface area (Å²) in [6.07, 6.45) is 4.21. The Morgan fingerprint density at radius 1 is 1.27 bits per heavy atom. The molecular weight excluding hydrogens is 422 g/mol. The fourth-order valence-electron chi connectivity index (χ4n) is 2.71. The van der Waals surface area contributed by atoms with Crippen LogP contribution >= 0.6 is 23.1 Å². The molecule has 154 valence electrons. The highest BCUT2D eigenvalue weighted by atomic mass is 32.2. The summed E-state index contributed by atoms with van der Waals surface area (Å²) < 4.78 is 5.72. The molecule has 0 bridgehead atoms. The Kier molecular flexibility index (Phi) is 6.50. The maximum atomic E-state index is 12.8. The van der Waals surface area contributed by atoms with Crippen LogP contribution in [0.4, 0.5) is 0 Å². The van der Waals surface area contributed by atoms with Gasteiger partial charge in [0.15, 0.2) is 5.82 Å². The Morgan fingerprint density at radius 2 is 2.13 bits per heavy atom. The van der Waals surface area contributed by atoms with Crippen LogP contribution in [0, 0.1) is 0 Å². The molecule has 4 aromatic heterocycles. The molecule has 0 aromatic carbocycles. The second-order valence-electron chi connectivity index (χ2n) is 6.28. The summed E-state index contributed by atoms with van der Waals surface area (Å²) in [4.78, 5) is 23.8. The second-order valence-corrected chi connectivity index (χ2v) is 8.17. The van der Waals surface area contributed by atoms with Crippen molar-refractivity contribution in [3.63, 3.8) is 0 Å². The van der Waals surface area contributed by atoms with Crippen LogP contribution in [0.25, 0.3) is 22.2 Å². The summed E-state index contributed by atoms with van der Waals surface area (Å²) >= 11 is 2.82. The zero-order valence-electron chi connectivity index (χ0n) is 16.2. The number of hydrogen-bond donors (Lipinski definition) is 1. The Bertz CT molecular complexity index is 1080. The topological polar surface area (TPSA) is 114 Å². The molecule has 30 heavy (non-hydrogen) atoms. The lowest BCUT2D eigenvalue weighted by atomic mass is 10.3. The molecule has 0 unspecified atom stereocenters. The normalized spacial score (nSPS) is 11.0. The largest absolute Gasteiger partial charge is 0.418 e. The Morgan fingerprint density at radius 3 is 2.90 bits per heavy atom. The highest BCUT2D eigenvalue weighted by Gasteiger charge is 2.19. The fraction of sp³-hybridized carbons (Fsp3) is 0.263. The monoisotopic (exact) mass is 441 g/mol. The minimum atomic E-state index is -0.0343. The number of carbonyl (C=O) groups is 1. The summed E-state index contributed by atoms with van der Waals surface area (Å²) in [7, 11) is 0. The predicted molar refractivity (Wildman–Crippen MR) is 114 cm³/mol. The van der Waals surface area contributed by atoms with Crippen molar-refractivity contribution in [2.45, 2.75) is 25.0 Å². The molecule has 9 nitrogen and oxygen atoms in total. The third kappa shape index (κ3) is 4.92. The van der Waals surface area contributed by atoms with Gasteiger partial charge in [0.2, 0.25) is 17.0 Å². The molecule has 4 heterocycles. The van der Waals surface area contributed by atoms with Gasteiger partial charge in [0.05, 0.1) is 17.2 Å². The zero-order chi connectivity index (χ0) is 20.8. The zero-order valence-corrected chi connectivity index (χ0v) is 17.8. The molecule has 0 aliphatic heterocycles. The van der Waals surface area contributed by atoms with Gasteiger partial charge >= 0.3 is 0 Å². The second kappa shape index (κ2) is 9.63. The number of amides is 1. The van der Waals surface area contributed by atoms with Crippen molar-refractivity contribution in [3.05, 3.63) is 47.9 Å². The Labute approximate surface area is 181 Å². The summed E-state index contributed by atoms with van der Waals surface area (Å²) in [5, 5.41) is 17.7. The van der Waals surface area contributed by atoms with Crippen LogP contribution in [0.2, 0.25) is 0 Å².